The number of rotatable bonds is 8. The number of carbonyl (C=O) groups is 2. The van der Waals surface area contributed by atoms with Gasteiger partial charge in [0.1, 0.15) is 22.7 Å². The fourth-order valence-corrected chi connectivity index (χ4v) is 5.18. The maximum Gasteiger partial charge on any atom is 0.433 e. The molecule has 2 saturated heterocycles. The van der Waals surface area contributed by atoms with Crippen molar-refractivity contribution in [3.8, 4) is 0 Å². The molecule has 3 heterocycles. The van der Waals surface area contributed by atoms with Crippen molar-refractivity contribution in [2.75, 3.05) is 59.5 Å². The molecule has 4 rings (SSSR count). The van der Waals surface area contributed by atoms with Gasteiger partial charge >= 0.3 is 12.3 Å². The minimum atomic E-state index is -4.68. The normalized spacial score (nSPS) is 20.0. The Morgan fingerprint density at radius 2 is 1.67 bits per heavy atom. The molecule has 0 spiro atoms. The van der Waals surface area contributed by atoms with Crippen LogP contribution in [0.5, 0.6) is 0 Å². The number of piperazine rings is 1. The van der Waals surface area contributed by atoms with Crippen molar-refractivity contribution < 1.29 is 32.2 Å². The van der Waals surface area contributed by atoms with Gasteiger partial charge in [-0.3, -0.25) is 9.69 Å². The van der Waals surface area contributed by atoms with Crippen molar-refractivity contribution >= 4 is 17.7 Å². The number of ether oxygens (including phenoxy) is 2. The Kier molecular flexibility index (Phi) is 10.9. The third-order valence-corrected chi connectivity index (χ3v) is 7.71. The fraction of sp³-hybridized carbons (Fsp3) is 0.548. The number of nitrogens with zero attached hydrogens (tertiary/aromatic N) is 4. The number of amides is 2. The van der Waals surface area contributed by atoms with Crippen molar-refractivity contribution in [3.63, 3.8) is 0 Å². The van der Waals surface area contributed by atoms with Gasteiger partial charge in [-0.15, -0.1) is 0 Å². The van der Waals surface area contributed by atoms with Crippen molar-refractivity contribution in [1.29, 1.82) is 5.41 Å². The fourth-order valence-electron chi connectivity index (χ4n) is 5.18. The van der Waals surface area contributed by atoms with Crippen LogP contribution in [0.3, 0.4) is 0 Å². The van der Waals surface area contributed by atoms with E-state index < -0.39 is 23.4 Å². The van der Waals surface area contributed by atoms with Crippen molar-refractivity contribution in [2.45, 2.75) is 51.4 Å². The molecule has 2 amide bonds. The highest BCUT2D eigenvalue weighted by molar-refractivity contribution is 6.10. The Hall–Kier alpha value is -3.91. The number of allylic oxidation sites excluding steroid dienone is 3. The van der Waals surface area contributed by atoms with E-state index in [1.807, 2.05) is 20.8 Å². The van der Waals surface area contributed by atoms with Gasteiger partial charge in [-0.1, -0.05) is 6.07 Å². The van der Waals surface area contributed by atoms with Crippen LogP contribution in [0.4, 0.5) is 18.0 Å². The van der Waals surface area contributed by atoms with E-state index in [2.05, 4.69) is 25.4 Å². The molecule has 1 aromatic heterocycles. The Morgan fingerprint density at radius 1 is 1.02 bits per heavy atom. The number of piperidine rings is 1. The molecular weight excluding hydrogens is 591 g/mol. The summed E-state index contributed by atoms with van der Waals surface area (Å²) in [5.41, 5.74) is -1.17. The molecule has 1 aromatic rings. The molecule has 1 aliphatic carbocycles. The summed E-state index contributed by atoms with van der Waals surface area (Å²) in [4.78, 5) is 35.0. The molecule has 3 N–H and O–H groups in total. The van der Waals surface area contributed by atoms with Crippen molar-refractivity contribution in [1.82, 2.24) is 30.3 Å². The summed E-state index contributed by atoms with van der Waals surface area (Å²) >= 11 is 0. The van der Waals surface area contributed by atoms with Gasteiger partial charge in [0, 0.05) is 76.2 Å². The second-order valence-corrected chi connectivity index (χ2v) is 12.2. The largest absolute Gasteiger partial charge is 0.494 e. The number of aromatic nitrogens is 1. The smallest absolute Gasteiger partial charge is 0.433 e. The number of hydrogen-bond acceptors (Lipinski definition) is 9. The standard InChI is InChI=1S/C31H42F3N7O4/c1-30(2,3)45-29(43)41-16-14-40(15-17-41)13-12-39-10-8-22(9-11-39)36-20-21-18-25(26(44-4)19-23(21)35)38-28(42)24-6-5-7-27(37-24)31(32,33)34/h5-7,18-20,22,35-36H,8-17H2,1-4H3,(H,38,42)/b21-20-,35-23?. The summed E-state index contributed by atoms with van der Waals surface area (Å²) in [7, 11) is 1.38. The monoisotopic (exact) mass is 633 g/mol. The summed E-state index contributed by atoms with van der Waals surface area (Å²) in [6.07, 6.45) is 1.62. The van der Waals surface area contributed by atoms with E-state index in [1.54, 1.807) is 17.2 Å². The second kappa shape index (κ2) is 14.5. The Bertz CT molecular complexity index is 1340. The summed E-state index contributed by atoms with van der Waals surface area (Å²) in [5.74, 6) is -0.620. The molecule has 2 aliphatic heterocycles. The number of pyridine rings is 1. The Labute approximate surface area is 261 Å². The highest BCUT2D eigenvalue weighted by Crippen LogP contribution is 2.27. The van der Waals surface area contributed by atoms with Gasteiger partial charge in [0.2, 0.25) is 0 Å². The van der Waals surface area contributed by atoms with Gasteiger partial charge in [-0.25, -0.2) is 9.78 Å². The predicted molar refractivity (Wildman–Crippen MR) is 163 cm³/mol. The molecular formula is C31H42F3N7O4. The summed E-state index contributed by atoms with van der Waals surface area (Å²) in [6, 6.07) is 3.32. The Morgan fingerprint density at radius 3 is 2.27 bits per heavy atom. The van der Waals surface area contributed by atoms with E-state index in [9.17, 15) is 22.8 Å². The summed E-state index contributed by atoms with van der Waals surface area (Å²) in [5, 5.41) is 14.3. The zero-order chi connectivity index (χ0) is 32.8. The van der Waals surface area contributed by atoms with E-state index in [4.69, 9.17) is 14.9 Å². The van der Waals surface area contributed by atoms with Gasteiger partial charge in [-0.2, -0.15) is 13.2 Å². The molecule has 0 atom stereocenters. The van der Waals surface area contributed by atoms with Crippen LogP contribution in [-0.2, 0) is 15.7 Å². The van der Waals surface area contributed by atoms with Crippen LogP contribution >= 0.6 is 0 Å². The lowest BCUT2D eigenvalue weighted by atomic mass is 10.0. The molecule has 14 heteroatoms. The van der Waals surface area contributed by atoms with Crippen molar-refractivity contribution in [2.24, 2.45) is 0 Å². The minimum Gasteiger partial charge on any atom is -0.494 e. The van der Waals surface area contributed by atoms with E-state index in [0.717, 1.165) is 64.2 Å². The first-order chi connectivity index (χ1) is 21.2. The number of alkyl halides is 3. The zero-order valence-corrected chi connectivity index (χ0v) is 26.2. The first-order valence-corrected chi connectivity index (χ1v) is 15.0. The molecule has 0 bridgehead atoms. The second-order valence-electron chi connectivity index (χ2n) is 12.2. The minimum absolute atomic E-state index is 0.166. The number of nitrogens with one attached hydrogen (secondary N) is 3. The van der Waals surface area contributed by atoms with Gasteiger partial charge < -0.3 is 35.3 Å². The van der Waals surface area contributed by atoms with Crippen molar-refractivity contribution in [3.05, 3.63) is 65.0 Å². The topological polar surface area (TPSA) is 123 Å². The number of hydrogen-bond donors (Lipinski definition) is 3. The van der Waals surface area contributed by atoms with E-state index in [0.29, 0.717) is 18.7 Å². The maximum atomic E-state index is 13.1. The lowest BCUT2D eigenvalue weighted by Crippen LogP contribution is -2.52. The maximum absolute atomic E-state index is 13.1. The van der Waals surface area contributed by atoms with Crippen LogP contribution in [0, 0.1) is 5.41 Å². The zero-order valence-electron chi connectivity index (χ0n) is 26.2. The average molecular weight is 634 g/mol. The van der Waals surface area contributed by atoms with Gasteiger partial charge in [-0.05, 0) is 51.8 Å². The SMILES string of the molecule is COC1=CC(=N)/C(=C\NC2CCN(CCN3CCN(C(=O)OC(C)(C)C)CC3)CC2)C=C1NC(=O)c1cccc(C(F)(F)F)n1. The molecule has 0 saturated carbocycles. The number of methoxy groups -OCH3 is 1. The highest BCUT2D eigenvalue weighted by Gasteiger charge is 2.33. The predicted octanol–water partition coefficient (Wildman–Crippen LogP) is 3.77. The molecule has 0 aromatic carbocycles. The van der Waals surface area contributed by atoms with E-state index in [1.165, 1.54) is 19.3 Å². The summed E-state index contributed by atoms with van der Waals surface area (Å²) < 4.78 is 49.9. The Balaban J connectivity index is 1.24. The molecule has 0 radical (unpaired) electrons. The molecule has 2 fully saturated rings. The van der Waals surface area contributed by atoms with Crippen LogP contribution in [0.1, 0.15) is 49.8 Å². The first kappa shape index (κ1) is 34.0. The van der Waals surface area contributed by atoms with E-state index in [-0.39, 0.29) is 35.0 Å². The lowest BCUT2D eigenvalue weighted by molar-refractivity contribution is -0.141. The molecule has 11 nitrogen and oxygen atoms in total. The van der Waals surface area contributed by atoms with E-state index >= 15 is 0 Å². The van der Waals surface area contributed by atoms with Gasteiger partial charge in [0.05, 0.1) is 18.5 Å². The molecule has 0 unspecified atom stereocenters. The third kappa shape index (κ3) is 9.79. The van der Waals surface area contributed by atoms with Crippen LogP contribution in [0.2, 0.25) is 0 Å². The van der Waals surface area contributed by atoms with Gasteiger partial charge in [0.25, 0.3) is 5.91 Å². The number of carbonyl (C=O) groups excluding carboxylic acids is 2. The van der Waals surface area contributed by atoms with Gasteiger partial charge in [0.15, 0.2) is 0 Å². The van der Waals surface area contributed by atoms with Crippen LogP contribution in [-0.4, -0.2) is 109 Å². The summed E-state index contributed by atoms with van der Waals surface area (Å²) in [6.45, 7) is 12.3. The number of halogens is 3. The lowest BCUT2D eigenvalue weighted by Gasteiger charge is -2.37. The quantitative estimate of drug-likeness (QED) is 0.396. The van der Waals surface area contributed by atoms with Crippen LogP contribution < -0.4 is 10.6 Å². The van der Waals surface area contributed by atoms with Crippen LogP contribution in [0.25, 0.3) is 0 Å². The van der Waals surface area contributed by atoms with Crippen LogP contribution in [0.15, 0.2) is 53.6 Å². The third-order valence-electron chi connectivity index (χ3n) is 7.71. The average Bonchev–Trinajstić information content (AvgIpc) is 2.99. The molecule has 3 aliphatic rings. The number of likely N-dealkylation sites (tertiary alicyclic amines) is 1. The highest BCUT2D eigenvalue weighted by atomic mass is 19.4. The molecule has 246 valence electrons. The molecule has 45 heavy (non-hydrogen) atoms. The first-order valence-electron chi connectivity index (χ1n) is 15.0.